The third kappa shape index (κ3) is 4.94. The SMILES string of the molecule is CCNC(=O)NC(=O)C(C)Nc1cc(OC)c(OC)c(OC)c1. The van der Waals surface area contributed by atoms with Crippen molar-refractivity contribution in [3.05, 3.63) is 12.1 Å². The summed E-state index contributed by atoms with van der Waals surface area (Å²) in [5.74, 6) is 0.932. The molecule has 128 valence electrons. The molecule has 0 aliphatic rings. The zero-order valence-electron chi connectivity index (χ0n) is 14.0. The number of hydrogen-bond donors (Lipinski definition) is 3. The van der Waals surface area contributed by atoms with Crippen molar-refractivity contribution in [2.45, 2.75) is 19.9 Å². The number of amides is 3. The van der Waals surface area contributed by atoms with Crippen LogP contribution in [0.5, 0.6) is 17.2 Å². The summed E-state index contributed by atoms with van der Waals surface area (Å²) in [4.78, 5) is 23.3. The van der Waals surface area contributed by atoms with Gasteiger partial charge in [0.2, 0.25) is 11.7 Å². The van der Waals surface area contributed by atoms with Crippen molar-refractivity contribution < 1.29 is 23.8 Å². The van der Waals surface area contributed by atoms with Crippen molar-refractivity contribution in [3.8, 4) is 17.2 Å². The molecule has 0 heterocycles. The fourth-order valence-corrected chi connectivity index (χ4v) is 1.90. The van der Waals surface area contributed by atoms with E-state index in [4.69, 9.17) is 14.2 Å². The molecule has 0 radical (unpaired) electrons. The molecule has 8 heteroatoms. The molecule has 1 aromatic rings. The minimum atomic E-state index is -0.639. The molecule has 1 unspecified atom stereocenters. The zero-order chi connectivity index (χ0) is 17.4. The van der Waals surface area contributed by atoms with E-state index in [-0.39, 0.29) is 0 Å². The Morgan fingerprint density at radius 1 is 1.09 bits per heavy atom. The van der Waals surface area contributed by atoms with Crippen molar-refractivity contribution in [1.82, 2.24) is 10.6 Å². The van der Waals surface area contributed by atoms with Crippen LogP contribution in [0.2, 0.25) is 0 Å². The maximum Gasteiger partial charge on any atom is 0.321 e. The maximum absolute atomic E-state index is 11.9. The van der Waals surface area contributed by atoms with E-state index in [0.717, 1.165) is 0 Å². The van der Waals surface area contributed by atoms with E-state index in [1.165, 1.54) is 21.3 Å². The lowest BCUT2D eigenvalue weighted by molar-refractivity contribution is -0.120. The Hall–Kier alpha value is -2.64. The van der Waals surface area contributed by atoms with Gasteiger partial charge in [-0.2, -0.15) is 0 Å². The van der Waals surface area contributed by atoms with Gasteiger partial charge in [-0.3, -0.25) is 10.1 Å². The van der Waals surface area contributed by atoms with Gasteiger partial charge in [0.15, 0.2) is 11.5 Å². The number of hydrogen-bond acceptors (Lipinski definition) is 6. The number of methoxy groups -OCH3 is 3. The monoisotopic (exact) mass is 325 g/mol. The summed E-state index contributed by atoms with van der Waals surface area (Å²) in [6.07, 6.45) is 0. The van der Waals surface area contributed by atoms with E-state index in [1.807, 2.05) is 0 Å². The first kappa shape index (κ1) is 18.4. The van der Waals surface area contributed by atoms with Gasteiger partial charge in [0, 0.05) is 24.4 Å². The van der Waals surface area contributed by atoms with Gasteiger partial charge < -0.3 is 24.8 Å². The third-order valence-corrected chi connectivity index (χ3v) is 3.02. The van der Waals surface area contributed by atoms with Gasteiger partial charge in [-0.1, -0.05) is 0 Å². The third-order valence-electron chi connectivity index (χ3n) is 3.02. The molecule has 3 N–H and O–H groups in total. The average molecular weight is 325 g/mol. The van der Waals surface area contributed by atoms with Gasteiger partial charge in [-0.05, 0) is 13.8 Å². The van der Waals surface area contributed by atoms with Crippen molar-refractivity contribution in [2.75, 3.05) is 33.2 Å². The number of anilines is 1. The van der Waals surface area contributed by atoms with Crippen LogP contribution < -0.4 is 30.2 Å². The molecular formula is C15H23N3O5. The number of ether oxygens (including phenoxy) is 3. The average Bonchev–Trinajstić information content (AvgIpc) is 2.53. The summed E-state index contributed by atoms with van der Waals surface area (Å²) in [6, 6.07) is 2.19. The molecule has 0 fully saturated rings. The lowest BCUT2D eigenvalue weighted by atomic mass is 10.2. The number of rotatable bonds is 7. The summed E-state index contributed by atoms with van der Waals surface area (Å²) >= 11 is 0. The lowest BCUT2D eigenvalue weighted by Crippen LogP contribution is -2.45. The maximum atomic E-state index is 11.9. The van der Waals surface area contributed by atoms with Crippen LogP contribution in [0.15, 0.2) is 12.1 Å². The van der Waals surface area contributed by atoms with E-state index in [0.29, 0.717) is 29.5 Å². The van der Waals surface area contributed by atoms with Crippen LogP contribution in [-0.2, 0) is 4.79 Å². The van der Waals surface area contributed by atoms with Gasteiger partial charge in [0.05, 0.1) is 21.3 Å². The van der Waals surface area contributed by atoms with Crippen molar-refractivity contribution in [1.29, 1.82) is 0 Å². The zero-order valence-corrected chi connectivity index (χ0v) is 14.0. The molecule has 0 aliphatic carbocycles. The number of benzene rings is 1. The summed E-state index contributed by atoms with van der Waals surface area (Å²) in [5, 5.41) is 7.72. The molecular weight excluding hydrogens is 302 g/mol. The first-order valence-electron chi connectivity index (χ1n) is 7.12. The van der Waals surface area contributed by atoms with Crippen LogP contribution in [-0.4, -0.2) is 45.9 Å². The fraction of sp³-hybridized carbons (Fsp3) is 0.467. The lowest BCUT2D eigenvalue weighted by Gasteiger charge is -2.18. The number of carbonyl (C=O) groups excluding carboxylic acids is 2. The highest BCUT2D eigenvalue weighted by Crippen LogP contribution is 2.40. The number of urea groups is 1. The molecule has 0 bridgehead atoms. The molecule has 0 saturated carbocycles. The quantitative estimate of drug-likeness (QED) is 0.700. The highest BCUT2D eigenvalue weighted by molar-refractivity contribution is 5.98. The summed E-state index contributed by atoms with van der Waals surface area (Å²) in [6.45, 7) is 3.84. The van der Waals surface area contributed by atoms with Gasteiger partial charge >= 0.3 is 6.03 Å². The van der Waals surface area contributed by atoms with E-state index >= 15 is 0 Å². The van der Waals surface area contributed by atoms with Gasteiger partial charge in [-0.15, -0.1) is 0 Å². The molecule has 0 aromatic heterocycles. The molecule has 0 spiro atoms. The second kappa shape index (κ2) is 8.72. The van der Waals surface area contributed by atoms with Crippen LogP contribution >= 0.6 is 0 Å². The second-order valence-corrected chi connectivity index (χ2v) is 4.63. The number of nitrogens with one attached hydrogen (secondary N) is 3. The summed E-state index contributed by atoms with van der Waals surface area (Å²) < 4.78 is 15.7. The smallest absolute Gasteiger partial charge is 0.321 e. The van der Waals surface area contributed by atoms with Crippen LogP contribution in [0.4, 0.5) is 10.5 Å². The summed E-state index contributed by atoms with van der Waals surface area (Å²) in [5.41, 5.74) is 0.595. The molecule has 1 atom stereocenters. The van der Waals surface area contributed by atoms with Crippen LogP contribution in [0.25, 0.3) is 0 Å². The predicted molar refractivity (Wildman–Crippen MR) is 86.4 cm³/mol. The van der Waals surface area contributed by atoms with E-state index in [9.17, 15) is 9.59 Å². The molecule has 0 saturated heterocycles. The second-order valence-electron chi connectivity index (χ2n) is 4.63. The highest BCUT2D eigenvalue weighted by atomic mass is 16.5. The van der Waals surface area contributed by atoms with Crippen LogP contribution in [0.3, 0.4) is 0 Å². The number of carbonyl (C=O) groups is 2. The molecule has 8 nitrogen and oxygen atoms in total. The molecule has 23 heavy (non-hydrogen) atoms. The van der Waals surface area contributed by atoms with Crippen molar-refractivity contribution >= 4 is 17.6 Å². The fourth-order valence-electron chi connectivity index (χ4n) is 1.90. The largest absolute Gasteiger partial charge is 0.493 e. The van der Waals surface area contributed by atoms with Gasteiger partial charge in [0.25, 0.3) is 0 Å². The topological polar surface area (TPSA) is 97.9 Å². The predicted octanol–water partition coefficient (Wildman–Crippen LogP) is 1.36. The van der Waals surface area contributed by atoms with Crippen molar-refractivity contribution in [2.24, 2.45) is 0 Å². The van der Waals surface area contributed by atoms with Crippen molar-refractivity contribution in [3.63, 3.8) is 0 Å². The first-order valence-corrected chi connectivity index (χ1v) is 7.12. The van der Waals surface area contributed by atoms with E-state index < -0.39 is 18.0 Å². The Kier molecular flexibility index (Phi) is 6.98. The summed E-state index contributed by atoms with van der Waals surface area (Å²) in [7, 11) is 4.52. The minimum Gasteiger partial charge on any atom is -0.493 e. The standard InChI is InChI=1S/C15H23N3O5/c1-6-16-15(20)18-14(19)9(2)17-10-7-11(21-3)13(23-5)12(8-10)22-4/h7-9,17H,6H2,1-5H3,(H2,16,18,19,20). The van der Waals surface area contributed by atoms with Crippen LogP contribution in [0.1, 0.15) is 13.8 Å². The Morgan fingerprint density at radius 3 is 2.09 bits per heavy atom. The molecule has 3 amide bonds. The number of imide groups is 1. The minimum absolute atomic E-state index is 0.438. The molecule has 1 rings (SSSR count). The van der Waals surface area contributed by atoms with Gasteiger partial charge in [0.1, 0.15) is 6.04 Å². The molecule has 1 aromatic carbocycles. The Bertz CT molecular complexity index is 537. The van der Waals surface area contributed by atoms with Gasteiger partial charge in [-0.25, -0.2) is 4.79 Å². The van der Waals surface area contributed by atoms with E-state index in [1.54, 1.807) is 26.0 Å². The molecule has 0 aliphatic heterocycles. The Morgan fingerprint density at radius 2 is 1.65 bits per heavy atom. The Balaban J connectivity index is 2.87. The van der Waals surface area contributed by atoms with Crippen LogP contribution in [0, 0.1) is 0 Å². The van der Waals surface area contributed by atoms with E-state index in [2.05, 4.69) is 16.0 Å². The highest BCUT2D eigenvalue weighted by Gasteiger charge is 2.18. The Labute approximate surface area is 135 Å². The first-order chi connectivity index (χ1) is 11.0. The normalized spacial score (nSPS) is 11.2.